The number of hydrogen-bond acceptors (Lipinski definition) is 4. The second-order valence-corrected chi connectivity index (χ2v) is 6.47. The molecule has 2 aliphatic rings. The molecule has 0 aliphatic carbocycles. The van der Waals surface area contributed by atoms with Gasteiger partial charge in [0.1, 0.15) is 5.60 Å². The van der Waals surface area contributed by atoms with Crippen LogP contribution in [0, 0.1) is 0 Å². The first kappa shape index (κ1) is 13.7. The van der Waals surface area contributed by atoms with E-state index < -0.39 is 15.8 Å². The number of hydrogen-bond donors (Lipinski definition) is 1. The number of rotatable bonds is 2. The van der Waals surface area contributed by atoms with Gasteiger partial charge in [0.25, 0.3) is 16.1 Å². The van der Waals surface area contributed by atoms with Crippen molar-refractivity contribution >= 4 is 16.1 Å². The Hall–Kier alpha value is -0.700. The molecule has 0 spiro atoms. The van der Waals surface area contributed by atoms with Crippen LogP contribution in [0.25, 0.3) is 0 Å². The quantitative estimate of drug-likeness (QED) is 0.693. The summed E-state index contributed by atoms with van der Waals surface area (Å²) in [4.78, 5) is 13.9. The van der Waals surface area contributed by atoms with Crippen molar-refractivity contribution in [3.8, 4) is 0 Å². The number of ether oxygens (including phenoxy) is 1. The molecule has 0 aromatic heterocycles. The first-order chi connectivity index (χ1) is 8.33. The maximum Gasteiger partial charge on any atom is 0.277 e. The molecule has 0 aromatic rings. The lowest BCUT2D eigenvalue weighted by atomic mass is 10.0. The molecule has 2 N–H and O–H groups in total. The average Bonchev–Trinajstić information content (AvgIpc) is 2.75. The number of carbonyl (C=O) groups is 1. The summed E-state index contributed by atoms with van der Waals surface area (Å²) in [5, 5.41) is 5.05. The van der Waals surface area contributed by atoms with Crippen LogP contribution >= 0.6 is 0 Å². The summed E-state index contributed by atoms with van der Waals surface area (Å²) < 4.78 is 29.0. The summed E-state index contributed by atoms with van der Waals surface area (Å²) in [7, 11) is -3.65. The molecule has 8 heteroatoms. The van der Waals surface area contributed by atoms with Crippen molar-refractivity contribution in [3.05, 3.63) is 0 Å². The SMILES string of the molecule is CC1(C(=O)N2CCN(S(N)(=O)=O)CC2)CCCO1. The fourth-order valence-corrected chi connectivity index (χ4v) is 3.10. The van der Waals surface area contributed by atoms with E-state index in [9.17, 15) is 13.2 Å². The Bertz CT molecular complexity index is 422. The van der Waals surface area contributed by atoms with Crippen LogP contribution in [-0.2, 0) is 19.7 Å². The Morgan fingerprint density at radius 1 is 1.28 bits per heavy atom. The molecule has 104 valence electrons. The smallest absolute Gasteiger partial charge is 0.277 e. The highest BCUT2D eigenvalue weighted by atomic mass is 32.2. The van der Waals surface area contributed by atoms with E-state index in [1.54, 1.807) is 11.8 Å². The third-order valence-corrected chi connectivity index (χ3v) is 4.64. The van der Waals surface area contributed by atoms with E-state index in [1.165, 1.54) is 4.31 Å². The molecular weight excluding hydrogens is 258 g/mol. The van der Waals surface area contributed by atoms with Gasteiger partial charge in [-0.1, -0.05) is 0 Å². The van der Waals surface area contributed by atoms with Gasteiger partial charge in [0.05, 0.1) is 0 Å². The highest BCUT2D eigenvalue weighted by Crippen LogP contribution is 2.27. The molecule has 0 bridgehead atoms. The zero-order valence-corrected chi connectivity index (χ0v) is 11.3. The molecule has 0 aromatic carbocycles. The lowest BCUT2D eigenvalue weighted by Gasteiger charge is -2.36. The van der Waals surface area contributed by atoms with Gasteiger partial charge < -0.3 is 9.64 Å². The van der Waals surface area contributed by atoms with Gasteiger partial charge in [0.15, 0.2) is 0 Å². The topological polar surface area (TPSA) is 92.9 Å². The van der Waals surface area contributed by atoms with E-state index >= 15 is 0 Å². The lowest BCUT2D eigenvalue weighted by molar-refractivity contribution is -0.152. The van der Waals surface area contributed by atoms with Gasteiger partial charge in [0.2, 0.25) is 0 Å². The highest BCUT2D eigenvalue weighted by Gasteiger charge is 2.41. The average molecular weight is 277 g/mol. The molecule has 2 fully saturated rings. The molecule has 0 radical (unpaired) electrons. The summed E-state index contributed by atoms with van der Waals surface area (Å²) >= 11 is 0. The van der Waals surface area contributed by atoms with Crippen LogP contribution in [-0.4, -0.2) is 61.9 Å². The predicted molar refractivity (Wildman–Crippen MR) is 64.9 cm³/mol. The van der Waals surface area contributed by atoms with E-state index in [2.05, 4.69) is 0 Å². The van der Waals surface area contributed by atoms with Crippen LogP contribution in [0.2, 0.25) is 0 Å². The Labute approximate surface area is 107 Å². The van der Waals surface area contributed by atoms with Crippen LogP contribution < -0.4 is 5.14 Å². The minimum atomic E-state index is -3.65. The van der Waals surface area contributed by atoms with Gasteiger partial charge in [-0.25, -0.2) is 5.14 Å². The second-order valence-electron chi connectivity index (χ2n) is 4.92. The van der Waals surface area contributed by atoms with Crippen molar-refractivity contribution in [3.63, 3.8) is 0 Å². The van der Waals surface area contributed by atoms with Crippen molar-refractivity contribution in [1.82, 2.24) is 9.21 Å². The van der Waals surface area contributed by atoms with Crippen molar-refractivity contribution in [2.75, 3.05) is 32.8 Å². The Morgan fingerprint density at radius 3 is 2.33 bits per heavy atom. The molecule has 2 aliphatic heterocycles. The van der Waals surface area contributed by atoms with E-state index in [0.717, 1.165) is 12.8 Å². The van der Waals surface area contributed by atoms with Gasteiger partial charge >= 0.3 is 0 Å². The van der Waals surface area contributed by atoms with Gasteiger partial charge in [-0.05, 0) is 19.8 Å². The molecule has 7 nitrogen and oxygen atoms in total. The standard InChI is InChI=1S/C10H19N3O4S/c1-10(3-2-8-17-10)9(14)12-4-6-13(7-5-12)18(11,15)16/h2-8H2,1H3,(H2,11,15,16). The van der Waals surface area contributed by atoms with Crippen molar-refractivity contribution < 1.29 is 17.9 Å². The first-order valence-electron chi connectivity index (χ1n) is 6.04. The van der Waals surface area contributed by atoms with Gasteiger partial charge in [-0.15, -0.1) is 0 Å². The summed E-state index contributed by atoms with van der Waals surface area (Å²) in [5.41, 5.74) is -0.732. The number of nitrogens with zero attached hydrogens (tertiary/aromatic N) is 2. The van der Waals surface area contributed by atoms with E-state index in [4.69, 9.17) is 9.88 Å². The number of piperazine rings is 1. The molecule has 2 heterocycles. The lowest BCUT2D eigenvalue weighted by Crippen LogP contribution is -2.56. The Balaban J connectivity index is 1.96. The normalized spacial score (nSPS) is 30.7. The van der Waals surface area contributed by atoms with Crippen molar-refractivity contribution in [2.45, 2.75) is 25.4 Å². The Morgan fingerprint density at radius 2 is 1.89 bits per heavy atom. The molecule has 2 rings (SSSR count). The number of amides is 1. The van der Waals surface area contributed by atoms with Gasteiger partial charge in [0, 0.05) is 32.8 Å². The summed E-state index contributed by atoms with van der Waals surface area (Å²) in [6.45, 7) is 3.65. The maximum atomic E-state index is 12.3. The first-order valence-corrected chi connectivity index (χ1v) is 7.54. The van der Waals surface area contributed by atoms with E-state index in [0.29, 0.717) is 19.7 Å². The predicted octanol–water partition coefficient (Wildman–Crippen LogP) is -1.10. The fourth-order valence-electron chi connectivity index (χ4n) is 2.43. The zero-order chi connectivity index (χ0) is 13.4. The van der Waals surface area contributed by atoms with Gasteiger partial charge in [-0.2, -0.15) is 12.7 Å². The van der Waals surface area contributed by atoms with E-state index in [-0.39, 0.29) is 19.0 Å². The molecule has 18 heavy (non-hydrogen) atoms. The highest BCUT2D eigenvalue weighted by molar-refractivity contribution is 7.86. The fraction of sp³-hybridized carbons (Fsp3) is 0.900. The maximum absolute atomic E-state index is 12.3. The molecular formula is C10H19N3O4S. The third-order valence-electron chi connectivity index (χ3n) is 3.56. The summed E-state index contributed by atoms with van der Waals surface area (Å²) in [6.07, 6.45) is 1.61. The van der Waals surface area contributed by atoms with Crippen LogP contribution in [0.3, 0.4) is 0 Å². The number of carbonyl (C=O) groups excluding carboxylic acids is 1. The zero-order valence-electron chi connectivity index (χ0n) is 10.5. The van der Waals surface area contributed by atoms with Crippen molar-refractivity contribution in [1.29, 1.82) is 0 Å². The van der Waals surface area contributed by atoms with Gasteiger partial charge in [-0.3, -0.25) is 4.79 Å². The summed E-state index contributed by atoms with van der Waals surface area (Å²) in [5.74, 6) is -0.0472. The van der Waals surface area contributed by atoms with Crippen LogP contribution in [0.5, 0.6) is 0 Å². The van der Waals surface area contributed by atoms with Crippen LogP contribution in [0.4, 0.5) is 0 Å². The molecule has 0 saturated carbocycles. The number of nitrogens with two attached hydrogens (primary N) is 1. The van der Waals surface area contributed by atoms with Crippen molar-refractivity contribution in [2.24, 2.45) is 5.14 Å². The molecule has 1 amide bonds. The third kappa shape index (κ3) is 2.66. The molecule has 1 unspecified atom stereocenters. The van der Waals surface area contributed by atoms with Crippen LogP contribution in [0.1, 0.15) is 19.8 Å². The minimum Gasteiger partial charge on any atom is -0.365 e. The van der Waals surface area contributed by atoms with Crippen LogP contribution in [0.15, 0.2) is 0 Å². The van der Waals surface area contributed by atoms with E-state index in [1.807, 2.05) is 0 Å². The largest absolute Gasteiger partial charge is 0.365 e. The molecule has 1 atom stereocenters. The monoisotopic (exact) mass is 277 g/mol. The summed E-state index contributed by atoms with van der Waals surface area (Å²) in [6, 6.07) is 0. The second kappa shape index (κ2) is 4.76. The Kier molecular flexibility index (Phi) is 3.63. The molecule has 2 saturated heterocycles. The minimum absolute atomic E-state index is 0.0472.